The minimum absolute atomic E-state index is 0.0199. The second-order valence-electron chi connectivity index (χ2n) is 4.41. The molecule has 1 aromatic carbocycles. The summed E-state index contributed by atoms with van der Waals surface area (Å²) < 4.78 is 4.77. The Morgan fingerprint density at radius 1 is 1.14 bits per heavy atom. The number of hydrogen-bond donors (Lipinski definition) is 2. The van der Waals surface area contributed by atoms with E-state index in [9.17, 15) is 14.4 Å². The number of rotatable bonds is 8. The Labute approximate surface area is 123 Å². The molecule has 0 aromatic heterocycles. The first-order valence-electron chi connectivity index (χ1n) is 6.80. The van der Waals surface area contributed by atoms with E-state index in [-0.39, 0.29) is 30.6 Å². The van der Waals surface area contributed by atoms with E-state index in [0.717, 1.165) is 0 Å². The fraction of sp³-hybridized carbons (Fsp3) is 0.400. The molecule has 1 rings (SSSR count). The lowest BCUT2D eigenvalue weighted by molar-refractivity contribution is -0.143. The quantitative estimate of drug-likeness (QED) is 0.429. The van der Waals surface area contributed by atoms with E-state index < -0.39 is 0 Å². The zero-order valence-corrected chi connectivity index (χ0v) is 12.3. The second kappa shape index (κ2) is 8.86. The van der Waals surface area contributed by atoms with E-state index in [1.54, 1.807) is 31.2 Å². The van der Waals surface area contributed by atoms with Gasteiger partial charge >= 0.3 is 5.97 Å². The van der Waals surface area contributed by atoms with Gasteiger partial charge in [0.25, 0.3) is 0 Å². The lowest BCUT2D eigenvalue weighted by Gasteiger charge is -2.07. The summed E-state index contributed by atoms with van der Waals surface area (Å²) in [5, 5.41) is 5.55. The van der Waals surface area contributed by atoms with Gasteiger partial charge in [-0.05, 0) is 38.1 Å². The number of amides is 1. The van der Waals surface area contributed by atoms with Gasteiger partial charge < -0.3 is 15.4 Å². The second-order valence-corrected chi connectivity index (χ2v) is 4.41. The number of esters is 1. The summed E-state index contributed by atoms with van der Waals surface area (Å²) in [6.07, 6.45) is 0.231. The molecule has 0 spiro atoms. The van der Waals surface area contributed by atoms with E-state index in [1.165, 1.54) is 6.92 Å². The van der Waals surface area contributed by atoms with Crippen LogP contribution in [0.2, 0.25) is 0 Å². The zero-order valence-electron chi connectivity index (χ0n) is 12.3. The van der Waals surface area contributed by atoms with Crippen LogP contribution in [0.4, 0.5) is 5.69 Å². The van der Waals surface area contributed by atoms with Gasteiger partial charge in [0.1, 0.15) is 0 Å². The van der Waals surface area contributed by atoms with E-state index in [4.69, 9.17) is 4.74 Å². The van der Waals surface area contributed by atoms with Gasteiger partial charge in [0.05, 0.1) is 19.6 Å². The minimum atomic E-state index is -0.287. The molecule has 0 unspecified atom stereocenters. The topological polar surface area (TPSA) is 84.5 Å². The third kappa shape index (κ3) is 6.67. The van der Waals surface area contributed by atoms with Crippen molar-refractivity contribution in [2.24, 2.45) is 0 Å². The van der Waals surface area contributed by atoms with E-state index >= 15 is 0 Å². The molecule has 114 valence electrons. The predicted molar refractivity (Wildman–Crippen MR) is 79.2 cm³/mol. The maximum absolute atomic E-state index is 11.6. The van der Waals surface area contributed by atoms with Gasteiger partial charge in [-0.15, -0.1) is 0 Å². The fourth-order valence-corrected chi connectivity index (χ4v) is 1.62. The first-order chi connectivity index (χ1) is 10.0. The first kappa shape index (κ1) is 16.8. The summed E-state index contributed by atoms with van der Waals surface area (Å²) in [7, 11) is 0. The Bertz CT molecular complexity index is 497. The van der Waals surface area contributed by atoms with Crippen LogP contribution in [0.3, 0.4) is 0 Å². The van der Waals surface area contributed by atoms with Crippen LogP contribution in [0.15, 0.2) is 24.3 Å². The standard InChI is InChI=1S/C15H20N2O4/c1-3-21-15(20)8-9-16-10-14(19)17-13-6-4-12(5-7-13)11(2)18/h4-7,16H,3,8-10H2,1-2H3,(H,17,19). The molecule has 1 amide bonds. The average Bonchev–Trinajstić information content (AvgIpc) is 2.44. The molecule has 0 fully saturated rings. The third-order valence-corrected chi connectivity index (χ3v) is 2.67. The largest absolute Gasteiger partial charge is 0.466 e. The van der Waals surface area contributed by atoms with Gasteiger partial charge in [-0.3, -0.25) is 14.4 Å². The number of carbonyl (C=O) groups is 3. The molecule has 0 radical (unpaired) electrons. The molecule has 6 nitrogen and oxygen atoms in total. The van der Waals surface area contributed by atoms with Gasteiger partial charge in [-0.1, -0.05) is 0 Å². The molecule has 0 aliphatic heterocycles. The van der Waals surface area contributed by atoms with Crippen LogP contribution in [0.5, 0.6) is 0 Å². The molecule has 1 aromatic rings. The van der Waals surface area contributed by atoms with Gasteiger partial charge in [0, 0.05) is 17.8 Å². The maximum Gasteiger partial charge on any atom is 0.307 e. The van der Waals surface area contributed by atoms with Crippen LogP contribution in [0, 0.1) is 0 Å². The van der Waals surface area contributed by atoms with Crippen LogP contribution in [-0.2, 0) is 14.3 Å². The van der Waals surface area contributed by atoms with Crippen LogP contribution in [0.25, 0.3) is 0 Å². The molecule has 2 N–H and O–H groups in total. The average molecular weight is 292 g/mol. The summed E-state index contributed by atoms with van der Waals surface area (Å²) >= 11 is 0. The molecule has 0 bridgehead atoms. The molecule has 0 saturated heterocycles. The number of hydrogen-bond acceptors (Lipinski definition) is 5. The molecule has 0 aliphatic rings. The van der Waals surface area contributed by atoms with Crippen molar-refractivity contribution in [2.75, 3.05) is 25.0 Å². The van der Waals surface area contributed by atoms with Crippen molar-refractivity contribution in [1.82, 2.24) is 5.32 Å². The highest BCUT2D eigenvalue weighted by molar-refractivity contribution is 5.96. The van der Waals surface area contributed by atoms with Gasteiger partial charge in [0.2, 0.25) is 5.91 Å². The van der Waals surface area contributed by atoms with Crippen molar-refractivity contribution in [3.63, 3.8) is 0 Å². The Balaban J connectivity index is 2.27. The van der Waals surface area contributed by atoms with Crippen LogP contribution in [-0.4, -0.2) is 37.4 Å². The number of benzene rings is 1. The first-order valence-corrected chi connectivity index (χ1v) is 6.80. The smallest absolute Gasteiger partial charge is 0.307 e. The summed E-state index contributed by atoms with van der Waals surface area (Å²) in [5.74, 6) is -0.520. The van der Waals surface area contributed by atoms with E-state index in [0.29, 0.717) is 24.4 Å². The van der Waals surface area contributed by atoms with Crippen molar-refractivity contribution in [2.45, 2.75) is 20.3 Å². The molecule has 6 heteroatoms. The van der Waals surface area contributed by atoms with E-state index in [1.807, 2.05) is 0 Å². The van der Waals surface area contributed by atoms with Crippen molar-refractivity contribution in [1.29, 1.82) is 0 Å². The highest BCUT2D eigenvalue weighted by Gasteiger charge is 2.05. The van der Waals surface area contributed by atoms with Crippen LogP contribution < -0.4 is 10.6 Å². The Morgan fingerprint density at radius 3 is 2.38 bits per heavy atom. The zero-order chi connectivity index (χ0) is 15.7. The predicted octanol–water partition coefficient (Wildman–Crippen LogP) is 1.37. The lowest BCUT2D eigenvalue weighted by atomic mass is 10.1. The summed E-state index contributed by atoms with van der Waals surface area (Å²) in [5.41, 5.74) is 1.22. The van der Waals surface area contributed by atoms with Crippen molar-refractivity contribution >= 4 is 23.3 Å². The van der Waals surface area contributed by atoms with Gasteiger partial charge in [-0.25, -0.2) is 0 Å². The normalized spacial score (nSPS) is 10.0. The maximum atomic E-state index is 11.6. The van der Waals surface area contributed by atoms with Crippen molar-refractivity contribution in [3.8, 4) is 0 Å². The number of anilines is 1. The molecule has 21 heavy (non-hydrogen) atoms. The molecule has 0 aliphatic carbocycles. The highest BCUT2D eigenvalue weighted by Crippen LogP contribution is 2.09. The van der Waals surface area contributed by atoms with Crippen LogP contribution >= 0.6 is 0 Å². The van der Waals surface area contributed by atoms with Gasteiger partial charge in [0.15, 0.2) is 5.78 Å². The Morgan fingerprint density at radius 2 is 1.81 bits per heavy atom. The summed E-state index contributed by atoms with van der Waals surface area (Å²) in [6.45, 7) is 4.08. The number of nitrogens with one attached hydrogen (secondary N) is 2. The monoisotopic (exact) mass is 292 g/mol. The van der Waals surface area contributed by atoms with Gasteiger partial charge in [-0.2, -0.15) is 0 Å². The summed E-state index contributed by atoms with van der Waals surface area (Å²) in [4.78, 5) is 33.8. The van der Waals surface area contributed by atoms with Crippen molar-refractivity contribution < 1.29 is 19.1 Å². The number of Topliss-reactive ketones (excluding diaryl/α,β-unsaturated/α-hetero) is 1. The molecular formula is C15H20N2O4. The summed E-state index contributed by atoms with van der Waals surface area (Å²) in [6, 6.07) is 6.67. The third-order valence-electron chi connectivity index (χ3n) is 2.67. The van der Waals surface area contributed by atoms with Crippen LogP contribution in [0.1, 0.15) is 30.6 Å². The molecule has 0 heterocycles. The Hall–Kier alpha value is -2.21. The van der Waals surface area contributed by atoms with E-state index in [2.05, 4.69) is 10.6 Å². The lowest BCUT2D eigenvalue weighted by Crippen LogP contribution is -2.29. The highest BCUT2D eigenvalue weighted by atomic mass is 16.5. The molecule has 0 atom stereocenters. The molecule has 0 saturated carbocycles. The number of carbonyl (C=O) groups excluding carboxylic acids is 3. The van der Waals surface area contributed by atoms with Crippen molar-refractivity contribution in [3.05, 3.63) is 29.8 Å². The number of ketones is 1. The molecular weight excluding hydrogens is 272 g/mol. The minimum Gasteiger partial charge on any atom is -0.466 e. The number of ether oxygens (including phenoxy) is 1. The SMILES string of the molecule is CCOC(=O)CCNCC(=O)Nc1ccc(C(C)=O)cc1. The fourth-order valence-electron chi connectivity index (χ4n) is 1.62. The Kier molecular flexibility index (Phi) is 7.11.